The Labute approximate surface area is 192 Å². The van der Waals surface area contributed by atoms with Crippen molar-refractivity contribution < 1.29 is 28.7 Å². The number of hydrogen-bond acceptors (Lipinski definition) is 8. The van der Waals surface area contributed by atoms with Gasteiger partial charge in [-0.25, -0.2) is 4.79 Å². The molecule has 9 nitrogen and oxygen atoms in total. The Morgan fingerprint density at radius 1 is 1.18 bits per heavy atom. The lowest BCUT2D eigenvalue weighted by Crippen LogP contribution is -2.34. The van der Waals surface area contributed by atoms with Crippen molar-refractivity contribution >= 4 is 17.4 Å². The normalized spacial score (nSPS) is 17.9. The summed E-state index contributed by atoms with van der Waals surface area (Å²) in [6.45, 7) is 4.02. The number of nitro groups is 1. The third-order valence-electron chi connectivity index (χ3n) is 6.02. The molecule has 0 saturated heterocycles. The summed E-state index contributed by atoms with van der Waals surface area (Å²) in [5.41, 5.74) is 1.74. The minimum Gasteiger partial charge on any atom is -0.493 e. The predicted octanol–water partition coefficient (Wildman–Crippen LogP) is 4.31. The Hall–Kier alpha value is -3.36. The Bertz CT molecular complexity index is 1030. The molecule has 3 rings (SSSR count). The molecule has 1 atom stereocenters. The second-order valence-corrected chi connectivity index (χ2v) is 8.13. The van der Waals surface area contributed by atoms with Gasteiger partial charge < -0.3 is 19.5 Å². The quantitative estimate of drug-likeness (QED) is 0.252. The average Bonchev–Trinajstić information content (AvgIpc) is 2.80. The number of benzene rings is 1. The molecule has 0 bridgehead atoms. The number of rotatable bonds is 9. The molecule has 0 fully saturated rings. The van der Waals surface area contributed by atoms with Crippen LogP contribution in [0.2, 0.25) is 0 Å². The number of carbonyl (C=O) groups is 2. The number of allylic oxidation sites excluding steroid dienone is 3. The summed E-state index contributed by atoms with van der Waals surface area (Å²) < 4.78 is 16.2. The molecule has 2 aliphatic rings. The van der Waals surface area contributed by atoms with Gasteiger partial charge in [0, 0.05) is 29.0 Å². The molecule has 1 heterocycles. The van der Waals surface area contributed by atoms with Gasteiger partial charge in [-0.2, -0.15) is 0 Å². The Kier molecular flexibility index (Phi) is 7.73. The molecule has 1 unspecified atom stereocenters. The number of unbranched alkanes of at least 4 members (excludes halogenated alkanes) is 2. The van der Waals surface area contributed by atoms with E-state index in [1.54, 1.807) is 6.92 Å². The first-order valence-corrected chi connectivity index (χ1v) is 11.1. The SMILES string of the molecule is CCCCCOC(=O)C1=C(C)NC2=C(C(=O)CCC2)C1c1cc(OC)c(OC)cc1[N+](=O)[O-]. The summed E-state index contributed by atoms with van der Waals surface area (Å²) >= 11 is 0. The van der Waals surface area contributed by atoms with E-state index in [2.05, 4.69) is 12.2 Å². The first kappa shape index (κ1) is 24.3. The number of esters is 1. The fourth-order valence-electron chi connectivity index (χ4n) is 4.43. The lowest BCUT2D eigenvalue weighted by Gasteiger charge is -2.34. The molecule has 1 aliphatic heterocycles. The molecule has 33 heavy (non-hydrogen) atoms. The maximum absolute atomic E-state index is 13.2. The molecule has 0 radical (unpaired) electrons. The van der Waals surface area contributed by atoms with Crippen LogP contribution < -0.4 is 14.8 Å². The van der Waals surface area contributed by atoms with E-state index in [0.29, 0.717) is 36.2 Å². The van der Waals surface area contributed by atoms with E-state index in [-0.39, 0.29) is 40.7 Å². The standard InChI is InChI=1S/C24H30N2O7/c1-5-6-7-11-33-24(28)21-14(2)25-16-9-8-10-18(27)23(16)22(21)15-12-19(31-3)20(32-4)13-17(15)26(29)30/h12-13,22,25H,5-11H2,1-4H3. The summed E-state index contributed by atoms with van der Waals surface area (Å²) in [4.78, 5) is 37.8. The number of nitrogens with one attached hydrogen (secondary N) is 1. The van der Waals surface area contributed by atoms with Gasteiger partial charge in [-0.1, -0.05) is 19.8 Å². The molecule has 178 valence electrons. The number of dihydropyridines is 1. The minimum atomic E-state index is -0.937. The second-order valence-electron chi connectivity index (χ2n) is 8.13. The maximum atomic E-state index is 13.2. The molecule has 0 saturated carbocycles. The van der Waals surface area contributed by atoms with Gasteiger partial charge in [-0.3, -0.25) is 14.9 Å². The van der Waals surface area contributed by atoms with Crippen LogP contribution in [0.3, 0.4) is 0 Å². The van der Waals surface area contributed by atoms with E-state index >= 15 is 0 Å². The third kappa shape index (κ3) is 4.86. The number of ether oxygens (including phenoxy) is 3. The summed E-state index contributed by atoms with van der Waals surface area (Å²) in [5.74, 6) is -1.20. The van der Waals surface area contributed by atoms with E-state index in [4.69, 9.17) is 14.2 Å². The van der Waals surface area contributed by atoms with Crippen LogP contribution >= 0.6 is 0 Å². The van der Waals surface area contributed by atoms with Gasteiger partial charge >= 0.3 is 5.97 Å². The number of methoxy groups -OCH3 is 2. The average molecular weight is 459 g/mol. The fourth-order valence-corrected chi connectivity index (χ4v) is 4.43. The Morgan fingerprint density at radius 3 is 2.52 bits per heavy atom. The molecular formula is C24H30N2O7. The van der Waals surface area contributed by atoms with Crippen LogP contribution in [0.1, 0.15) is 63.9 Å². The van der Waals surface area contributed by atoms with Crippen molar-refractivity contribution in [1.29, 1.82) is 0 Å². The Balaban J connectivity index is 2.19. The van der Waals surface area contributed by atoms with Crippen LogP contribution in [-0.4, -0.2) is 37.5 Å². The van der Waals surface area contributed by atoms with Crippen LogP contribution in [0.5, 0.6) is 11.5 Å². The highest BCUT2D eigenvalue weighted by Crippen LogP contribution is 2.48. The highest BCUT2D eigenvalue weighted by molar-refractivity contribution is 6.04. The largest absolute Gasteiger partial charge is 0.493 e. The highest BCUT2D eigenvalue weighted by atomic mass is 16.6. The van der Waals surface area contributed by atoms with Gasteiger partial charge in [0.15, 0.2) is 17.3 Å². The van der Waals surface area contributed by atoms with Crippen LogP contribution in [0, 0.1) is 10.1 Å². The fraction of sp³-hybridized carbons (Fsp3) is 0.500. The molecule has 1 aromatic rings. The molecule has 1 aliphatic carbocycles. The topological polar surface area (TPSA) is 117 Å². The van der Waals surface area contributed by atoms with Crippen molar-refractivity contribution in [3.05, 3.63) is 50.4 Å². The predicted molar refractivity (Wildman–Crippen MR) is 121 cm³/mol. The Morgan fingerprint density at radius 2 is 1.88 bits per heavy atom. The molecule has 1 N–H and O–H groups in total. The lowest BCUT2D eigenvalue weighted by atomic mass is 9.74. The molecular weight excluding hydrogens is 428 g/mol. The molecule has 0 aromatic heterocycles. The second kappa shape index (κ2) is 10.5. The van der Waals surface area contributed by atoms with Crippen LogP contribution in [-0.2, 0) is 14.3 Å². The zero-order chi connectivity index (χ0) is 24.1. The van der Waals surface area contributed by atoms with Crippen molar-refractivity contribution in [1.82, 2.24) is 5.32 Å². The minimum absolute atomic E-state index is 0.137. The van der Waals surface area contributed by atoms with Gasteiger partial charge in [-0.15, -0.1) is 0 Å². The van der Waals surface area contributed by atoms with Gasteiger partial charge in [0.05, 0.1) is 43.3 Å². The van der Waals surface area contributed by atoms with E-state index in [9.17, 15) is 19.7 Å². The summed E-state index contributed by atoms with van der Waals surface area (Å²) in [6, 6.07) is 2.75. The van der Waals surface area contributed by atoms with Crippen molar-refractivity contribution in [3.8, 4) is 11.5 Å². The van der Waals surface area contributed by atoms with Crippen LogP contribution in [0.25, 0.3) is 0 Å². The lowest BCUT2D eigenvalue weighted by molar-refractivity contribution is -0.385. The molecule has 0 spiro atoms. The summed E-state index contributed by atoms with van der Waals surface area (Å²) in [5, 5.41) is 15.2. The van der Waals surface area contributed by atoms with Crippen molar-refractivity contribution in [2.45, 2.75) is 58.3 Å². The number of Topliss-reactive ketones (excluding diaryl/α,β-unsaturated/α-hetero) is 1. The summed E-state index contributed by atoms with van der Waals surface area (Å²) in [7, 11) is 2.82. The number of ketones is 1. The molecule has 9 heteroatoms. The van der Waals surface area contributed by atoms with Gasteiger partial charge in [0.1, 0.15) is 0 Å². The first-order chi connectivity index (χ1) is 15.8. The van der Waals surface area contributed by atoms with Crippen molar-refractivity contribution in [2.75, 3.05) is 20.8 Å². The van der Waals surface area contributed by atoms with E-state index in [0.717, 1.165) is 19.3 Å². The zero-order valence-corrected chi connectivity index (χ0v) is 19.5. The monoisotopic (exact) mass is 458 g/mol. The molecule has 0 amide bonds. The maximum Gasteiger partial charge on any atom is 0.336 e. The van der Waals surface area contributed by atoms with Gasteiger partial charge in [-0.05, 0) is 32.3 Å². The number of nitrogens with zero attached hydrogens (tertiary/aromatic N) is 1. The van der Waals surface area contributed by atoms with Crippen molar-refractivity contribution in [2.24, 2.45) is 0 Å². The molecule has 1 aromatic carbocycles. The highest BCUT2D eigenvalue weighted by Gasteiger charge is 2.42. The number of hydrogen-bond donors (Lipinski definition) is 1. The summed E-state index contributed by atoms with van der Waals surface area (Å²) in [6.07, 6.45) is 4.23. The zero-order valence-electron chi connectivity index (χ0n) is 19.5. The number of nitro benzene ring substituents is 1. The van der Waals surface area contributed by atoms with Gasteiger partial charge in [0.25, 0.3) is 5.69 Å². The first-order valence-electron chi connectivity index (χ1n) is 11.1. The van der Waals surface area contributed by atoms with E-state index in [1.165, 1.54) is 26.4 Å². The van der Waals surface area contributed by atoms with Crippen molar-refractivity contribution in [3.63, 3.8) is 0 Å². The van der Waals surface area contributed by atoms with Crippen LogP contribution in [0.15, 0.2) is 34.7 Å². The third-order valence-corrected chi connectivity index (χ3v) is 6.02. The van der Waals surface area contributed by atoms with Crippen LogP contribution in [0.4, 0.5) is 5.69 Å². The van der Waals surface area contributed by atoms with E-state index < -0.39 is 16.8 Å². The van der Waals surface area contributed by atoms with E-state index in [1.807, 2.05) is 0 Å². The number of carbonyl (C=O) groups excluding carboxylic acids is 2. The smallest absolute Gasteiger partial charge is 0.336 e. The van der Waals surface area contributed by atoms with Gasteiger partial charge in [0.2, 0.25) is 0 Å².